The molecule has 1 rings (SSSR count). The normalized spacial score (nSPS) is 11.3. The van der Waals surface area contributed by atoms with E-state index >= 15 is 0 Å². The number of rotatable bonds is 7. The van der Waals surface area contributed by atoms with Gasteiger partial charge in [-0.15, -0.1) is 0 Å². The molecular formula is C14H22N4O4S. The van der Waals surface area contributed by atoms with Crippen molar-refractivity contribution in [2.45, 2.75) is 11.3 Å². The van der Waals surface area contributed by atoms with Crippen LogP contribution in [0.25, 0.3) is 0 Å². The van der Waals surface area contributed by atoms with Gasteiger partial charge in [0, 0.05) is 32.7 Å². The molecule has 0 saturated carbocycles. The molecule has 0 bridgehead atoms. The highest BCUT2D eigenvalue weighted by Crippen LogP contribution is 2.14. The van der Waals surface area contributed by atoms with Crippen LogP contribution in [0.15, 0.2) is 29.2 Å². The number of carbonyl (C=O) groups is 2. The van der Waals surface area contributed by atoms with E-state index < -0.39 is 10.0 Å². The molecule has 0 aromatic heterocycles. The number of nitrogens with one attached hydrogen (secondary N) is 1. The summed E-state index contributed by atoms with van der Waals surface area (Å²) >= 11 is 0. The number of benzene rings is 1. The fourth-order valence-corrected chi connectivity index (χ4v) is 2.28. The number of hydrogen-bond acceptors (Lipinski definition) is 5. The van der Waals surface area contributed by atoms with Crippen LogP contribution in [-0.2, 0) is 19.6 Å². The molecular weight excluding hydrogens is 320 g/mol. The molecule has 0 aliphatic rings. The molecule has 0 fully saturated rings. The molecule has 1 aromatic rings. The molecule has 8 nitrogen and oxygen atoms in total. The SMILES string of the molecule is CN(CCC(=O)Nc1cccc(S(N)(=O)=O)c1)CC(=O)N(C)C. The van der Waals surface area contributed by atoms with Crippen molar-refractivity contribution in [2.75, 3.05) is 39.5 Å². The lowest BCUT2D eigenvalue weighted by atomic mass is 10.3. The van der Waals surface area contributed by atoms with Gasteiger partial charge in [0.2, 0.25) is 21.8 Å². The summed E-state index contributed by atoms with van der Waals surface area (Å²) in [7, 11) is 1.27. The van der Waals surface area contributed by atoms with Crippen molar-refractivity contribution in [2.24, 2.45) is 5.14 Å². The summed E-state index contributed by atoms with van der Waals surface area (Å²) in [5.41, 5.74) is 0.355. The summed E-state index contributed by atoms with van der Waals surface area (Å²) in [5.74, 6) is -0.325. The topological polar surface area (TPSA) is 113 Å². The molecule has 0 saturated heterocycles. The molecule has 1 aromatic carbocycles. The molecule has 3 N–H and O–H groups in total. The van der Waals surface area contributed by atoms with Gasteiger partial charge in [-0.2, -0.15) is 0 Å². The van der Waals surface area contributed by atoms with Gasteiger partial charge in [-0.25, -0.2) is 13.6 Å². The summed E-state index contributed by atoms with van der Waals surface area (Å²) in [5, 5.41) is 7.65. The van der Waals surface area contributed by atoms with Crippen molar-refractivity contribution in [1.29, 1.82) is 0 Å². The molecule has 0 aliphatic heterocycles. The van der Waals surface area contributed by atoms with Crippen LogP contribution in [0.4, 0.5) is 5.69 Å². The minimum atomic E-state index is -3.81. The van der Waals surface area contributed by atoms with Crippen LogP contribution in [0, 0.1) is 0 Å². The number of anilines is 1. The van der Waals surface area contributed by atoms with Gasteiger partial charge in [-0.3, -0.25) is 14.5 Å². The first-order valence-corrected chi connectivity index (χ1v) is 8.45. The van der Waals surface area contributed by atoms with E-state index in [-0.39, 0.29) is 29.7 Å². The van der Waals surface area contributed by atoms with E-state index in [0.717, 1.165) is 0 Å². The minimum absolute atomic E-state index is 0.0474. The molecule has 0 radical (unpaired) electrons. The molecule has 0 aliphatic carbocycles. The van der Waals surface area contributed by atoms with E-state index in [2.05, 4.69) is 5.32 Å². The van der Waals surface area contributed by atoms with E-state index in [9.17, 15) is 18.0 Å². The maximum atomic E-state index is 11.9. The first-order chi connectivity index (χ1) is 10.6. The number of primary sulfonamides is 1. The van der Waals surface area contributed by atoms with E-state index in [4.69, 9.17) is 5.14 Å². The summed E-state index contributed by atoms with van der Waals surface area (Å²) < 4.78 is 22.5. The molecule has 0 atom stereocenters. The number of carbonyl (C=O) groups excluding carboxylic acids is 2. The number of amides is 2. The van der Waals surface area contributed by atoms with Gasteiger partial charge in [-0.05, 0) is 25.2 Å². The van der Waals surface area contributed by atoms with Crippen LogP contribution in [0.1, 0.15) is 6.42 Å². The maximum absolute atomic E-state index is 11.9. The van der Waals surface area contributed by atoms with Gasteiger partial charge in [0.25, 0.3) is 0 Å². The van der Waals surface area contributed by atoms with Crippen molar-refractivity contribution >= 4 is 27.5 Å². The van der Waals surface area contributed by atoms with Crippen LogP contribution in [0.2, 0.25) is 0 Å². The van der Waals surface area contributed by atoms with Gasteiger partial charge in [-0.1, -0.05) is 6.07 Å². The van der Waals surface area contributed by atoms with Crippen molar-refractivity contribution in [3.8, 4) is 0 Å². The Morgan fingerprint density at radius 1 is 1.22 bits per heavy atom. The lowest BCUT2D eigenvalue weighted by Crippen LogP contribution is -2.35. The van der Waals surface area contributed by atoms with Gasteiger partial charge in [0.05, 0.1) is 11.4 Å². The van der Waals surface area contributed by atoms with Crippen LogP contribution in [-0.4, -0.2) is 64.3 Å². The molecule has 128 valence electrons. The second kappa shape index (κ2) is 8.04. The predicted octanol–water partition coefficient (Wildman–Crippen LogP) is -0.317. The van der Waals surface area contributed by atoms with Gasteiger partial charge in [0.15, 0.2) is 0 Å². The third-order valence-corrected chi connectivity index (χ3v) is 3.98. The Bertz CT molecular complexity index is 673. The van der Waals surface area contributed by atoms with Gasteiger partial charge >= 0.3 is 0 Å². The molecule has 0 spiro atoms. The van der Waals surface area contributed by atoms with Crippen LogP contribution < -0.4 is 10.5 Å². The molecule has 0 unspecified atom stereocenters. The maximum Gasteiger partial charge on any atom is 0.238 e. The van der Waals surface area contributed by atoms with Crippen molar-refractivity contribution < 1.29 is 18.0 Å². The standard InChI is InChI=1S/C14H22N4O4S/c1-17(2)14(20)10-18(3)8-7-13(19)16-11-5-4-6-12(9-11)23(15,21)22/h4-6,9H,7-8,10H2,1-3H3,(H,16,19)(H2,15,21,22). The van der Waals surface area contributed by atoms with E-state index in [0.29, 0.717) is 12.2 Å². The number of hydrogen-bond donors (Lipinski definition) is 2. The number of nitrogens with two attached hydrogens (primary N) is 1. The highest BCUT2D eigenvalue weighted by molar-refractivity contribution is 7.89. The summed E-state index contributed by atoms with van der Waals surface area (Å²) in [6.07, 6.45) is 0.177. The first-order valence-electron chi connectivity index (χ1n) is 6.91. The largest absolute Gasteiger partial charge is 0.348 e. The Morgan fingerprint density at radius 3 is 2.43 bits per heavy atom. The Kier molecular flexibility index (Phi) is 6.67. The lowest BCUT2D eigenvalue weighted by Gasteiger charge is -2.18. The number of likely N-dealkylation sites (N-methyl/N-ethyl adjacent to an activating group) is 2. The monoisotopic (exact) mass is 342 g/mol. The van der Waals surface area contributed by atoms with E-state index in [1.807, 2.05) is 0 Å². The summed E-state index contributed by atoms with van der Waals surface area (Å²) in [6, 6.07) is 5.72. The van der Waals surface area contributed by atoms with E-state index in [1.54, 1.807) is 32.1 Å². The molecule has 23 heavy (non-hydrogen) atoms. The smallest absolute Gasteiger partial charge is 0.238 e. The Labute approximate surface area is 136 Å². The van der Waals surface area contributed by atoms with E-state index in [1.165, 1.54) is 23.1 Å². The molecule has 9 heteroatoms. The second-order valence-corrected chi connectivity index (χ2v) is 6.96. The van der Waals surface area contributed by atoms with Gasteiger partial charge < -0.3 is 10.2 Å². The Balaban J connectivity index is 2.53. The van der Waals surface area contributed by atoms with Crippen molar-refractivity contribution in [1.82, 2.24) is 9.80 Å². The first kappa shape index (κ1) is 19.1. The van der Waals surface area contributed by atoms with Gasteiger partial charge in [0.1, 0.15) is 0 Å². The highest BCUT2D eigenvalue weighted by atomic mass is 32.2. The van der Waals surface area contributed by atoms with Crippen molar-refractivity contribution in [3.63, 3.8) is 0 Å². The Hall–Kier alpha value is -1.97. The zero-order valence-corrected chi connectivity index (χ0v) is 14.3. The second-order valence-electron chi connectivity index (χ2n) is 5.40. The average molecular weight is 342 g/mol. The summed E-state index contributed by atoms with van der Waals surface area (Å²) in [4.78, 5) is 26.6. The van der Waals surface area contributed by atoms with Crippen LogP contribution in [0.3, 0.4) is 0 Å². The zero-order valence-electron chi connectivity index (χ0n) is 13.4. The highest BCUT2D eigenvalue weighted by Gasteiger charge is 2.12. The average Bonchev–Trinajstić information content (AvgIpc) is 2.44. The fraction of sp³-hybridized carbons (Fsp3) is 0.429. The molecule has 2 amide bonds. The number of nitrogens with zero attached hydrogens (tertiary/aromatic N) is 2. The zero-order chi connectivity index (χ0) is 17.6. The molecule has 0 heterocycles. The van der Waals surface area contributed by atoms with Crippen LogP contribution >= 0.6 is 0 Å². The minimum Gasteiger partial charge on any atom is -0.348 e. The summed E-state index contributed by atoms with van der Waals surface area (Å²) in [6.45, 7) is 0.626. The van der Waals surface area contributed by atoms with Crippen LogP contribution in [0.5, 0.6) is 0 Å². The third kappa shape index (κ3) is 6.76. The number of sulfonamides is 1. The Morgan fingerprint density at radius 2 is 1.87 bits per heavy atom. The third-order valence-electron chi connectivity index (χ3n) is 3.07. The fourth-order valence-electron chi connectivity index (χ4n) is 1.72. The predicted molar refractivity (Wildman–Crippen MR) is 87.3 cm³/mol. The van der Waals surface area contributed by atoms with Crippen molar-refractivity contribution in [3.05, 3.63) is 24.3 Å². The quantitative estimate of drug-likeness (QED) is 0.705. The lowest BCUT2D eigenvalue weighted by molar-refractivity contribution is -0.130.